The van der Waals surface area contributed by atoms with Gasteiger partial charge >= 0.3 is 0 Å². The molecular formula is C10H18O. The van der Waals surface area contributed by atoms with Gasteiger partial charge in [-0.1, -0.05) is 12.8 Å². The van der Waals surface area contributed by atoms with Gasteiger partial charge in [-0.15, -0.1) is 0 Å². The minimum absolute atomic E-state index is 0.397. The van der Waals surface area contributed by atoms with Crippen LogP contribution in [0.25, 0.3) is 0 Å². The molecule has 0 aromatic heterocycles. The first-order valence-electron chi connectivity index (χ1n) is 4.98. The third-order valence-corrected chi connectivity index (χ3v) is 3.67. The predicted octanol–water partition coefficient (Wildman–Crippen LogP) is 2.34. The molecule has 1 heteroatoms. The van der Waals surface area contributed by atoms with Crippen LogP contribution < -0.4 is 0 Å². The zero-order valence-corrected chi connectivity index (χ0v) is 7.18. The number of fused-ring (bicyclic) bond motifs is 1. The van der Waals surface area contributed by atoms with E-state index < -0.39 is 0 Å². The van der Waals surface area contributed by atoms with Crippen LogP contribution in [0.1, 0.15) is 44.9 Å². The minimum Gasteiger partial charge on any atom is -0.396 e. The molecule has 0 bridgehead atoms. The van der Waals surface area contributed by atoms with Gasteiger partial charge in [0.25, 0.3) is 0 Å². The molecule has 0 aliphatic heterocycles. The van der Waals surface area contributed by atoms with E-state index in [2.05, 4.69) is 0 Å². The molecule has 0 saturated heterocycles. The lowest BCUT2D eigenvalue weighted by atomic mass is 9.85. The highest BCUT2D eigenvalue weighted by molar-refractivity contribution is 5.03. The van der Waals surface area contributed by atoms with Crippen molar-refractivity contribution < 1.29 is 5.11 Å². The fourth-order valence-corrected chi connectivity index (χ4v) is 2.88. The summed E-state index contributed by atoms with van der Waals surface area (Å²) in [6.45, 7) is 0.397. The van der Waals surface area contributed by atoms with Crippen molar-refractivity contribution in [2.75, 3.05) is 6.61 Å². The quantitative estimate of drug-likeness (QED) is 0.661. The van der Waals surface area contributed by atoms with Gasteiger partial charge in [0.2, 0.25) is 0 Å². The SMILES string of the molecule is OCCCC12CCCCC1C2. The standard InChI is InChI=1S/C10H18O/c11-7-3-6-10-5-2-1-4-9(10)8-10/h9,11H,1-8H2. The summed E-state index contributed by atoms with van der Waals surface area (Å²) in [5, 5.41) is 8.73. The van der Waals surface area contributed by atoms with Crippen molar-refractivity contribution in [3.63, 3.8) is 0 Å². The predicted molar refractivity (Wildman–Crippen MR) is 45.3 cm³/mol. The average molecular weight is 154 g/mol. The highest BCUT2D eigenvalue weighted by Crippen LogP contribution is 2.63. The van der Waals surface area contributed by atoms with Crippen molar-refractivity contribution in [1.82, 2.24) is 0 Å². The van der Waals surface area contributed by atoms with E-state index in [4.69, 9.17) is 5.11 Å². The Balaban J connectivity index is 1.82. The maximum atomic E-state index is 8.73. The summed E-state index contributed by atoms with van der Waals surface area (Å²) in [4.78, 5) is 0. The molecule has 0 radical (unpaired) electrons. The van der Waals surface area contributed by atoms with Crippen LogP contribution >= 0.6 is 0 Å². The van der Waals surface area contributed by atoms with Gasteiger partial charge in [0.05, 0.1) is 0 Å². The van der Waals surface area contributed by atoms with E-state index in [1.807, 2.05) is 0 Å². The topological polar surface area (TPSA) is 20.2 Å². The van der Waals surface area contributed by atoms with Crippen LogP contribution in [-0.2, 0) is 0 Å². The summed E-state index contributed by atoms with van der Waals surface area (Å²) >= 11 is 0. The molecule has 2 atom stereocenters. The minimum atomic E-state index is 0.397. The molecule has 0 aromatic carbocycles. The van der Waals surface area contributed by atoms with Crippen LogP contribution in [0.2, 0.25) is 0 Å². The number of hydrogen-bond donors (Lipinski definition) is 1. The zero-order chi connectivity index (χ0) is 7.73. The summed E-state index contributed by atoms with van der Waals surface area (Å²) in [5.74, 6) is 1.06. The molecule has 2 rings (SSSR count). The lowest BCUT2D eigenvalue weighted by Gasteiger charge is -2.21. The summed E-state index contributed by atoms with van der Waals surface area (Å²) < 4.78 is 0. The Morgan fingerprint density at radius 1 is 1.36 bits per heavy atom. The molecular weight excluding hydrogens is 136 g/mol. The molecule has 64 valence electrons. The summed E-state index contributed by atoms with van der Waals surface area (Å²) in [7, 11) is 0. The molecule has 2 saturated carbocycles. The van der Waals surface area contributed by atoms with Gasteiger partial charge < -0.3 is 5.11 Å². The van der Waals surface area contributed by atoms with Gasteiger partial charge in [-0.25, -0.2) is 0 Å². The van der Waals surface area contributed by atoms with Gasteiger partial charge in [-0.2, -0.15) is 0 Å². The van der Waals surface area contributed by atoms with E-state index in [9.17, 15) is 0 Å². The molecule has 2 unspecified atom stereocenters. The van der Waals surface area contributed by atoms with Crippen molar-refractivity contribution in [2.45, 2.75) is 44.9 Å². The highest BCUT2D eigenvalue weighted by atomic mass is 16.2. The Morgan fingerprint density at radius 3 is 3.00 bits per heavy atom. The number of aliphatic hydroxyl groups is 1. The molecule has 0 heterocycles. The smallest absolute Gasteiger partial charge is 0.0431 e. The van der Waals surface area contributed by atoms with Crippen molar-refractivity contribution in [2.24, 2.45) is 11.3 Å². The van der Waals surface area contributed by atoms with Gasteiger partial charge in [0.1, 0.15) is 0 Å². The summed E-state index contributed by atoms with van der Waals surface area (Å²) in [6, 6.07) is 0. The Morgan fingerprint density at radius 2 is 2.27 bits per heavy atom. The maximum Gasteiger partial charge on any atom is 0.0431 e. The largest absolute Gasteiger partial charge is 0.396 e. The molecule has 2 fully saturated rings. The maximum absolute atomic E-state index is 8.73. The van der Waals surface area contributed by atoms with Gasteiger partial charge in [0.15, 0.2) is 0 Å². The van der Waals surface area contributed by atoms with Gasteiger partial charge in [0, 0.05) is 6.61 Å². The number of hydrogen-bond acceptors (Lipinski definition) is 1. The highest BCUT2D eigenvalue weighted by Gasteiger charge is 2.53. The van der Waals surface area contributed by atoms with E-state index in [0.29, 0.717) is 6.61 Å². The summed E-state index contributed by atoms with van der Waals surface area (Å²) in [6.07, 6.45) is 9.66. The molecule has 2 aliphatic rings. The first kappa shape index (κ1) is 7.60. The average Bonchev–Trinajstić information content (AvgIpc) is 2.75. The monoisotopic (exact) mass is 154 g/mol. The second-order valence-corrected chi connectivity index (χ2v) is 4.34. The molecule has 1 nitrogen and oxygen atoms in total. The van der Waals surface area contributed by atoms with Crippen molar-refractivity contribution in [1.29, 1.82) is 0 Å². The van der Waals surface area contributed by atoms with E-state index in [0.717, 1.165) is 17.8 Å². The van der Waals surface area contributed by atoms with Crippen LogP contribution in [0.15, 0.2) is 0 Å². The second-order valence-electron chi connectivity index (χ2n) is 4.34. The van der Waals surface area contributed by atoms with E-state index >= 15 is 0 Å². The lowest BCUT2D eigenvalue weighted by molar-refractivity contribution is 0.243. The third kappa shape index (κ3) is 1.31. The first-order valence-corrected chi connectivity index (χ1v) is 4.98. The van der Waals surface area contributed by atoms with Crippen LogP contribution in [0, 0.1) is 11.3 Å². The van der Waals surface area contributed by atoms with Gasteiger partial charge in [-0.3, -0.25) is 0 Å². The van der Waals surface area contributed by atoms with Crippen molar-refractivity contribution in [3.8, 4) is 0 Å². The van der Waals surface area contributed by atoms with Crippen LogP contribution in [0.4, 0.5) is 0 Å². The molecule has 2 aliphatic carbocycles. The zero-order valence-electron chi connectivity index (χ0n) is 7.18. The van der Waals surface area contributed by atoms with Gasteiger partial charge in [-0.05, 0) is 43.4 Å². The molecule has 0 spiro atoms. The Labute approximate surface area is 68.8 Å². The van der Waals surface area contributed by atoms with E-state index in [1.54, 1.807) is 0 Å². The third-order valence-electron chi connectivity index (χ3n) is 3.67. The number of rotatable bonds is 3. The molecule has 0 aromatic rings. The lowest BCUT2D eigenvalue weighted by Crippen LogP contribution is -2.09. The Bertz CT molecular complexity index is 144. The van der Waals surface area contributed by atoms with E-state index in [-0.39, 0.29) is 0 Å². The van der Waals surface area contributed by atoms with Crippen molar-refractivity contribution in [3.05, 3.63) is 0 Å². The van der Waals surface area contributed by atoms with Crippen LogP contribution in [0.5, 0.6) is 0 Å². The second kappa shape index (κ2) is 2.78. The van der Waals surface area contributed by atoms with Crippen LogP contribution in [0.3, 0.4) is 0 Å². The number of aliphatic hydroxyl groups excluding tert-OH is 1. The molecule has 0 amide bonds. The molecule has 1 N–H and O–H groups in total. The van der Waals surface area contributed by atoms with Crippen molar-refractivity contribution >= 4 is 0 Å². The summed E-state index contributed by atoms with van der Waals surface area (Å²) in [5.41, 5.74) is 0.737. The Kier molecular flexibility index (Phi) is 1.92. The fourth-order valence-electron chi connectivity index (χ4n) is 2.88. The van der Waals surface area contributed by atoms with Crippen LogP contribution in [-0.4, -0.2) is 11.7 Å². The fraction of sp³-hybridized carbons (Fsp3) is 1.00. The first-order chi connectivity index (χ1) is 5.37. The normalized spacial score (nSPS) is 41.7. The van der Waals surface area contributed by atoms with E-state index in [1.165, 1.54) is 38.5 Å². The Hall–Kier alpha value is -0.0400. The molecule has 11 heavy (non-hydrogen) atoms.